The molecule has 0 spiro atoms. The smallest absolute Gasteiger partial charge is 0.253 e. The molecular formula is C20H24ClN3O3. The number of nitrogens with zero attached hydrogens (tertiary/aromatic N) is 2. The molecule has 1 aliphatic heterocycles. The van der Waals surface area contributed by atoms with Crippen molar-refractivity contribution in [3.05, 3.63) is 65.7 Å². The van der Waals surface area contributed by atoms with Gasteiger partial charge >= 0.3 is 0 Å². The van der Waals surface area contributed by atoms with Gasteiger partial charge in [0.05, 0.1) is 0 Å². The second-order valence-electron chi connectivity index (χ2n) is 6.70. The van der Waals surface area contributed by atoms with E-state index < -0.39 is 5.54 Å². The number of carbonyl (C=O) groups excluding carboxylic acids is 2. The van der Waals surface area contributed by atoms with Gasteiger partial charge in [0.25, 0.3) is 5.91 Å². The molecule has 27 heavy (non-hydrogen) atoms. The number of hydrogen-bond acceptors (Lipinski definition) is 4. The van der Waals surface area contributed by atoms with Crippen LogP contribution in [0.3, 0.4) is 0 Å². The van der Waals surface area contributed by atoms with Crippen LogP contribution in [0.4, 0.5) is 0 Å². The van der Waals surface area contributed by atoms with Crippen molar-refractivity contribution in [3.63, 3.8) is 0 Å². The lowest BCUT2D eigenvalue weighted by Crippen LogP contribution is -2.57. The molecule has 3 rings (SSSR count). The summed E-state index contributed by atoms with van der Waals surface area (Å²) in [6.45, 7) is 3.52. The highest BCUT2D eigenvalue weighted by molar-refractivity contribution is 5.94. The maximum Gasteiger partial charge on any atom is 0.253 e. The van der Waals surface area contributed by atoms with Crippen LogP contribution in [0.5, 0.6) is 5.75 Å². The summed E-state index contributed by atoms with van der Waals surface area (Å²) in [6.07, 6.45) is 0. The van der Waals surface area contributed by atoms with Crippen molar-refractivity contribution in [3.8, 4) is 5.75 Å². The van der Waals surface area contributed by atoms with Crippen molar-refractivity contribution in [1.82, 2.24) is 9.80 Å². The van der Waals surface area contributed by atoms with Crippen molar-refractivity contribution in [2.45, 2.75) is 12.5 Å². The summed E-state index contributed by atoms with van der Waals surface area (Å²) in [5.41, 5.74) is 6.52. The first-order chi connectivity index (χ1) is 12.4. The summed E-state index contributed by atoms with van der Waals surface area (Å²) in [5, 5.41) is 9.33. The third kappa shape index (κ3) is 4.40. The van der Waals surface area contributed by atoms with E-state index >= 15 is 0 Å². The van der Waals surface area contributed by atoms with Crippen molar-refractivity contribution in [2.24, 2.45) is 5.73 Å². The Bertz CT molecular complexity index is 786. The molecule has 2 amide bonds. The quantitative estimate of drug-likeness (QED) is 0.840. The minimum Gasteiger partial charge on any atom is -0.508 e. The number of halogens is 1. The van der Waals surface area contributed by atoms with Gasteiger partial charge in [0.15, 0.2) is 0 Å². The zero-order chi connectivity index (χ0) is 18.7. The van der Waals surface area contributed by atoms with Crippen LogP contribution in [0, 0.1) is 0 Å². The molecule has 0 bridgehead atoms. The Balaban J connectivity index is 0.00000261. The lowest BCUT2D eigenvalue weighted by Gasteiger charge is -2.38. The van der Waals surface area contributed by atoms with Gasteiger partial charge in [-0.15, -0.1) is 12.4 Å². The SMILES string of the molecule is CC(N)(C(=O)N1CCN(C(=O)c2ccc(O)cc2)CC1)c1ccccc1.Cl. The molecule has 1 saturated heterocycles. The van der Waals surface area contributed by atoms with Crippen molar-refractivity contribution in [2.75, 3.05) is 26.2 Å². The number of benzene rings is 2. The van der Waals surface area contributed by atoms with E-state index in [1.807, 2.05) is 30.3 Å². The van der Waals surface area contributed by atoms with Crippen LogP contribution in [0.25, 0.3) is 0 Å². The molecule has 7 heteroatoms. The van der Waals surface area contributed by atoms with Crippen molar-refractivity contribution in [1.29, 1.82) is 0 Å². The first-order valence-electron chi connectivity index (χ1n) is 8.61. The van der Waals surface area contributed by atoms with Crippen molar-refractivity contribution >= 4 is 24.2 Å². The van der Waals surface area contributed by atoms with E-state index in [2.05, 4.69) is 0 Å². The number of amides is 2. The van der Waals surface area contributed by atoms with Crippen LogP contribution in [-0.2, 0) is 10.3 Å². The van der Waals surface area contributed by atoms with Gasteiger partial charge in [0.1, 0.15) is 11.3 Å². The van der Waals surface area contributed by atoms with Gasteiger partial charge in [0.2, 0.25) is 5.91 Å². The first-order valence-corrected chi connectivity index (χ1v) is 8.61. The summed E-state index contributed by atoms with van der Waals surface area (Å²) in [6, 6.07) is 15.5. The van der Waals surface area contributed by atoms with E-state index in [1.54, 1.807) is 28.9 Å². The third-order valence-corrected chi connectivity index (χ3v) is 4.79. The molecule has 2 aromatic carbocycles. The van der Waals surface area contributed by atoms with Gasteiger partial charge in [-0.05, 0) is 36.8 Å². The number of rotatable bonds is 3. The average Bonchev–Trinajstić information content (AvgIpc) is 2.68. The minimum absolute atomic E-state index is 0. The van der Waals surface area contributed by atoms with Crippen LogP contribution < -0.4 is 5.73 Å². The highest BCUT2D eigenvalue weighted by Crippen LogP contribution is 2.21. The largest absolute Gasteiger partial charge is 0.508 e. The normalized spacial score (nSPS) is 16.2. The Kier molecular flexibility index (Phi) is 6.46. The second kappa shape index (κ2) is 8.41. The van der Waals surface area contributed by atoms with E-state index in [0.29, 0.717) is 31.7 Å². The number of nitrogens with two attached hydrogens (primary N) is 1. The summed E-state index contributed by atoms with van der Waals surface area (Å²) in [4.78, 5) is 28.8. The lowest BCUT2D eigenvalue weighted by molar-refractivity contribution is -0.138. The molecule has 0 saturated carbocycles. The maximum atomic E-state index is 12.9. The fourth-order valence-electron chi connectivity index (χ4n) is 3.14. The van der Waals surface area contributed by atoms with E-state index in [0.717, 1.165) is 5.56 Å². The summed E-state index contributed by atoms with van der Waals surface area (Å²) in [7, 11) is 0. The van der Waals surface area contributed by atoms with E-state index in [1.165, 1.54) is 12.1 Å². The number of hydrogen-bond donors (Lipinski definition) is 2. The monoisotopic (exact) mass is 389 g/mol. The molecule has 6 nitrogen and oxygen atoms in total. The molecule has 3 N–H and O–H groups in total. The lowest BCUT2D eigenvalue weighted by atomic mass is 9.91. The Morgan fingerprint density at radius 1 is 0.926 bits per heavy atom. The molecule has 2 aromatic rings. The van der Waals surface area contributed by atoms with Gasteiger partial charge in [-0.1, -0.05) is 30.3 Å². The minimum atomic E-state index is -1.09. The Morgan fingerprint density at radius 2 is 1.44 bits per heavy atom. The average molecular weight is 390 g/mol. The van der Waals surface area contributed by atoms with Crippen LogP contribution in [0.15, 0.2) is 54.6 Å². The van der Waals surface area contributed by atoms with Crippen LogP contribution in [0.1, 0.15) is 22.8 Å². The van der Waals surface area contributed by atoms with E-state index in [9.17, 15) is 14.7 Å². The Labute approximate surface area is 165 Å². The predicted molar refractivity (Wildman–Crippen MR) is 106 cm³/mol. The number of carbonyl (C=O) groups is 2. The summed E-state index contributed by atoms with van der Waals surface area (Å²) >= 11 is 0. The fraction of sp³-hybridized carbons (Fsp3) is 0.300. The van der Waals surface area contributed by atoms with Crippen LogP contribution in [0.2, 0.25) is 0 Å². The molecule has 0 aromatic heterocycles. The Hall–Kier alpha value is -2.57. The number of aromatic hydroxyl groups is 1. The molecule has 1 atom stereocenters. The van der Waals surface area contributed by atoms with Gasteiger partial charge in [-0.25, -0.2) is 0 Å². The molecule has 0 aliphatic carbocycles. The van der Waals surface area contributed by atoms with Gasteiger partial charge < -0.3 is 20.6 Å². The number of piperazine rings is 1. The van der Waals surface area contributed by atoms with Gasteiger partial charge in [-0.3, -0.25) is 9.59 Å². The molecular weight excluding hydrogens is 366 g/mol. The van der Waals surface area contributed by atoms with E-state index in [-0.39, 0.29) is 30.0 Å². The molecule has 1 fully saturated rings. The van der Waals surface area contributed by atoms with Gasteiger partial charge in [0, 0.05) is 31.7 Å². The maximum absolute atomic E-state index is 12.9. The summed E-state index contributed by atoms with van der Waals surface area (Å²) < 4.78 is 0. The highest BCUT2D eigenvalue weighted by Gasteiger charge is 2.36. The topological polar surface area (TPSA) is 86.9 Å². The van der Waals surface area contributed by atoms with Crippen LogP contribution in [-0.4, -0.2) is 52.9 Å². The zero-order valence-electron chi connectivity index (χ0n) is 15.2. The third-order valence-electron chi connectivity index (χ3n) is 4.79. The van der Waals surface area contributed by atoms with Crippen LogP contribution >= 0.6 is 12.4 Å². The standard InChI is InChI=1S/C20H23N3O3.ClH/c1-20(21,16-5-3-2-4-6-16)19(26)23-13-11-22(12-14-23)18(25)15-7-9-17(24)10-8-15;/h2-10,24H,11-14,21H2,1H3;1H. The molecule has 144 valence electrons. The summed E-state index contributed by atoms with van der Waals surface area (Å²) in [5.74, 6) is -0.115. The zero-order valence-corrected chi connectivity index (χ0v) is 16.0. The predicted octanol–water partition coefficient (Wildman–Crippen LogP) is 1.97. The highest BCUT2D eigenvalue weighted by atomic mass is 35.5. The molecule has 1 aliphatic rings. The van der Waals surface area contributed by atoms with Gasteiger partial charge in [-0.2, -0.15) is 0 Å². The molecule has 1 heterocycles. The second-order valence-corrected chi connectivity index (χ2v) is 6.70. The molecule has 1 unspecified atom stereocenters. The number of phenols is 1. The Morgan fingerprint density at radius 3 is 2.00 bits per heavy atom. The fourth-order valence-corrected chi connectivity index (χ4v) is 3.14. The van der Waals surface area contributed by atoms with E-state index in [4.69, 9.17) is 5.73 Å². The molecule has 0 radical (unpaired) electrons. The number of phenolic OH excluding ortho intramolecular Hbond substituents is 1. The first kappa shape index (κ1) is 20.7. The van der Waals surface area contributed by atoms with Crippen molar-refractivity contribution < 1.29 is 14.7 Å².